The highest BCUT2D eigenvalue weighted by Crippen LogP contribution is 2.45. The Bertz CT molecular complexity index is 1320. The van der Waals surface area contributed by atoms with Gasteiger partial charge in [-0.05, 0) is 102 Å². The molecule has 5 rings (SSSR count). The monoisotopic (exact) mass is 757 g/mol. The van der Waals surface area contributed by atoms with E-state index in [1.165, 1.54) is 11.3 Å². The van der Waals surface area contributed by atoms with Crippen LogP contribution in [0.2, 0.25) is 0 Å². The molecule has 54 heavy (non-hydrogen) atoms. The zero-order valence-electron chi connectivity index (χ0n) is 33.0. The van der Waals surface area contributed by atoms with Crippen LogP contribution in [0.1, 0.15) is 129 Å². The van der Waals surface area contributed by atoms with Crippen LogP contribution < -0.4 is 38.1 Å². The molecule has 0 radical (unpaired) electrons. The van der Waals surface area contributed by atoms with Crippen molar-refractivity contribution in [3.8, 4) is 0 Å². The van der Waals surface area contributed by atoms with Gasteiger partial charge in [0.25, 0.3) is 0 Å². The van der Waals surface area contributed by atoms with Crippen LogP contribution >= 0.6 is 0 Å². The molecule has 8 N–H and O–H groups in total. The number of ketones is 3. The van der Waals surface area contributed by atoms with Crippen molar-refractivity contribution in [2.24, 2.45) is 28.9 Å². The van der Waals surface area contributed by atoms with Crippen molar-refractivity contribution in [2.75, 3.05) is 26.7 Å². The molecule has 14 nitrogen and oxygen atoms in total. The Morgan fingerprint density at radius 2 is 1.43 bits per heavy atom. The average Bonchev–Trinajstić information content (AvgIpc) is 3.67. The van der Waals surface area contributed by atoms with Crippen LogP contribution in [0, 0.1) is 23.2 Å². The molecule has 3 aliphatic heterocycles. The summed E-state index contributed by atoms with van der Waals surface area (Å²) in [7, 11) is 1.72. The Labute approximate surface area is 321 Å². The van der Waals surface area contributed by atoms with E-state index in [9.17, 15) is 28.8 Å². The van der Waals surface area contributed by atoms with E-state index in [2.05, 4.69) is 32.3 Å². The van der Waals surface area contributed by atoms with Crippen molar-refractivity contribution in [1.29, 1.82) is 0 Å². The van der Waals surface area contributed by atoms with Gasteiger partial charge in [0.05, 0.1) is 35.6 Å². The van der Waals surface area contributed by atoms with Crippen LogP contribution in [0.15, 0.2) is 0 Å². The second-order valence-electron chi connectivity index (χ2n) is 17.1. The molecule has 0 bridgehead atoms. The van der Waals surface area contributed by atoms with Gasteiger partial charge in [-0.3, -0.25) is 34.8 Å². The Kier molecular flexibility index (Phi) is 15.4. The van der Waals surface area contributed by atoms with Crippen LogP contribution in [-0.2, 0) is 28.8 Å². The molecule has 304 valence electrons. The number of Topliss-reactive ketones (excluding diaryl/α,β-unsaturated/α-hetero) is 3. The summed E-state index contributed by atoms with van der Waals surface area (Å²) in [5.74, 6) is -1.01. The standard InChI is InChI=1S/C40H68N8O6/c1-4-26(2)33(45-37(53)29(41)23-27-11-6-5-7-12-27)36(52)39(34(50)30-13-8-20-43-46-30)18-15-28(16-19-39)24-32(42-3)38(54)48-22-10-17-40(48,25-49)35(51)31-14-9-21-44-47-31/h25-33,42-44,46-47H,4-24,41H2,1-3H3,(H,45,53)/t26-,28?,29-,30?,31?,32+,33-,39?,40-/m0/s1. The second kappa shape index (κ2) is 19.5. The maximum Gasteiger partial charge on any atom is 0.240 e. The number of nitrogens with one attached hydrogen (secondary N) is 6. The summed E-state index contributed by atoms with van der Waals surface area (Å²) in [4.78, 5) is 85.2. The summed E-state index contributed by atoms with van der Waals surface area (Å²) in [6.07, 6.45) is 13.4. The van der Waals surface area contributed by atoms with Gasteiger partial charge >= 0.3 is 0 Å². The number of carbonyl (C=O) groups is 6. The molecule has 2 saturated carbocycles. The minimum Gasteiger partial charge on any atom is -0.345 e. The molecule has 7 atom stereocenters. The van der Waals surface area contributed by atoms with Gasteiger partial charge in [-0.1, -0.05) is 52.4 Å². The number of rotatable bonds is 17. The number of nitrogens with two attached hydrogens (primary N) is 1. The molecule has 2 amide bonds. The van der Waals surface area contributed by atoms with Gasteiger partial charge < -0.3 is 26.1 Å². The fourth-order valence-electron chi connectivity index (χ4n) is 9.97. The summed E-state index contributed by atoms with van der Waals surface area (Å²) in [5, 5.41) is 6.22. The van der Waals surface area contributed by atoms with E-state index < -0.39 is 41.2 Å². The van der Waals surface area contributed by atoms with E-state index in [-0.39, 0.29) is 41.0 Å². The van der Waals surface area contributed by atoms with Gasteiger partial charge in [-0.15, -0.1) is 0 Å². The predicted octanol–water partition coefficient (Wildman–Crippen LogP) is 1.75. The summed E-state index contributed by atoms with van der Waals surface area (Å²) >= 11 is 0. The minimum atomic E-state index is -1.50. The number of likely N-dealkylation sites (N-methyl/N-ethyl adjacent to an activating group) is 1. The van der Waals surface area contributed by atoms with Crippen molar-refractivity contribution in [3.63, 3.8) is 0 Å². The van der Waals surface area contributed by atoms with Gasteiger partial charge in [0.1, 0.15) is 0 Å². The fourth-order valence-corrected chi connectivity index (χ4v) is 9.97. The quantitative estimate of drug-likeness (QED) is 0.0839. The SMILES string of the molecule is CC[C@H](C)[C@H](NC(=O)[C@@H](N)CC1CCCCC1)C(=O)C1(C(=O)C2CCCNN2)CCC(C[C@@H](NC)C(=O)N2CCC[C@]2(C=O)C(=O)C2CCCNN2)CC1. The van der Waals surface area contributed by atoms with Crippen molar-refractivity contribution in [1.82, 2.24) is 37.2 Å². The molecule has 0 spiro atoms. The zero-order valence-corrected chi connectivity index (χ0v) is 33.0. The van der Waals surface area contributed by atoms with Gasteiger partial charge in [-0.25, -0.2) is 10.9 Å². The van der Waals surface area contributed by atoms with E-state index in [0.717, 1.165) is 51.6 Å². The first kappa shape index (κ1) is 42.5. The molecule has 2 aliphatic carbocycles. The predicted molar refractivity (Wildman–Crippen MR) is 205 cm³/mol. The Morgan fingerprint density at radius 1 is 0.815 bits per heavy atom. The molecular formula is C40H68N8O6. The highest BCUT2D eigenvalue weighted by atomic mass is 16.2. The number of nitrogens with zero attached hydrogens (tertiary/aromatic N) is 1. The number of aldehydes is 1. The number of amides is 2. The molecule has 5 fully saturated rings. The Morgan fingerprint density at radius 3 is 1.98 bits per heavy atom. The van der Waals surface area contributed by atoms with Crippen LogP contribution in [0.3, 0.4) is 0 Å². The Hall–Kier alpha value is -2.62. The number of carbonyl (C=O) groups excluding carboxylic acids is 6. The number of likely N-dealkylation sites (tertiary alicyclic amines) is 1. The van der Waals surface area contributed by atoms with E-state index in [4.69, 9.17) is 5.73 Å². The lowest BCUT2D eigenvalue weighted by Crippen LogP contribution is -2.64. The topological polar surface area (TPSA) is 204 Å². The number of hydrogen-bond acceptors (Lipinski definition) is 12. The first-order valence-electron chi connectivity index (χ1n) is 21.1. The van der Waals surface area contributed by atoms with E-state index in [1.54, 1.807) is 7.05 Å². The summed E-state index contributed by atoms with van der Waals surface area (Å²) in [6.45, 7) is 5.73. The van der Waals surface area contributed by atoms with Gasteiger partial charge in [0.2, 0.25) is 11.8 Å². The Balaban J connectivity index is 1.31. The number of hydrogen-bond donors (Lipinski definition) is 7. The van der Waals surface area contributed by atoms with Crippen molar-refractivity contribution >= 4 is 35.5 Å². The largest absolute Gasteiger partial charge is 0.345 e. The summed E-state index contributed by atoms with van der Waals surface area (Å²) < 4.78 is 0. The lowest BCUT2D eigenvalue weighted by molar-refractivity contribution is -0.150. The summed E-state index contributed by atoms with van der Waals surface area (Å²) in [6, 6.07) is -3.27. The van der Waals surface area contributed by atoms with Crippen LogP contribution in [0.5, 0.6) is 0 Å². The van der Waals surface area contributed by atoms with Crippen LogP contribution in [0.4, 0.5) is 0 Å². The van der Waals surface area contributed by atoms with E-state index >= 15 is 0 Å². The molecule has 2 unspecified atom stereocenters. The maximum absolute atomic E-state index is 14.9. The molecule has 0 aromatic rings. The third-order valence-corrected chi connectivity index (χ3v) is 13.6. The van der Waals surface area contributed by atoms with Gasteiger partial charge in [-0.2, -0.15) is 0 Å². The van der Waals surface area contributed by atoms with Crippen molar-refractivity contribution < 1.29 is 28.8 Å². The highest BCUT2D eigenvalue weighted by Gasteiger charge is 2.55. The highest BCUT2D eigenvalue weighted by molar-refractivity contribution is 6.12. The zero-order chi connectivity index (χ0) is 38.9. The molecule has 3 saturated heterocycles. The maximum atomic E-state index is 14.9. The third-order valence-electron chi connectivity index (χ3n) is 13.6. The minimum absolute atomic E-state index is 0.0197. The van der Waals surface area contributed by atoms with E-state index in [1.807, 2.05) is 13.8 Å². The van der Waals surface area contributed by atoms with Crippen LogP contribution in [0.25, 0.3) is 0 Å². The molecule has 5 aliphatic rings. The molecular weight excluding hydrogens is 688 g/mol. The molecule has 14 heteroatoms. The first-order chi connectivity index (χ1) is 26.0. The smallest absolute Gasteiger partial charge is 0.240 e. The third kappa shape index (κ3) is 9.32. The van der Waals surface area contributed by atoms with Gasteiger partial charge in [0, 0.05) is 19.6 Å². The first-order valence-corrected chi connectivity index (χ1v) is 21.1. The number of hydrazine groups is 2. The fraction of sp³-hybridized carbons (Fsp3) is 0.850. The lowest BCUT2D eigenvalue weighted by Gasteiger charge is -2.44. The lowest BCUT2D eigenvalue weighted by atomic mass is 9.61. The van der Waals surface area contributed by atoms with Crippen LogP contribution in [-0.4, -0.2) is 103 Å². The van der Waals surface area contributed by atoms with Crippen molar-refractivity contribution in [2.45, 2.75) is 165 Å². The second-order valence-corrected chi connectivity index (χ2v) is 17.1. The molecule has 0 aromatic carbocycles. The molecule has 0 aromatic heterocycles. The van der Waals surface area contributed by atoms with E-state index in [0.29, 0.717) is 89.4 Å². The normalized spacial score (nSPS) is 31.9. The van der Waals surface area contributed by atoms with Crippen molar-refractivity contribution in [3.05, 3.63) is 0 Å². The average molecular weight is 757 g/mol. The summed E-state index contributed by atoms with van der Waals surface area (Å²) in [5.41, 5.74) is 16.0. The molecule has 3 heterocycles. The van der Waals surface area contributed by atoms with Gasteiger partial charge in [0.15, 0.2) is 29.2 Å².